The van der Waals surface area contributed by atoms with Gasteiger partial charge in [0, 0.05) is 0 Å². The van der Waals surface area contributed by atoms with Gasteiger partial charge in [-0.25, -0.2) is 9.59 Å². The minimum atomic E-state index is -1.03. The molecule has 0 spiro atoms. The first-order valence-electron chi connectivity index (χ1n) is 3.21. The molecule has 0 aliphatic rings. The third-order valence-electron chi connectivity index (χ3n) is 1.15. The van der Waals surface area contributed by atoms with E-state index in [0.717, 1.165) is 13.3 Å². The molecule has 1 heterocycles. The molecule has 0 aliphatic carbocycles. The second-order valence-electron chi connectivity index (χ2n) is 1.99. The fraction of sp³-hybridized carbons (Fsp3) is 0.167. The maximum Gasteiger partial charge on any atom is 0.513 e. The molecule has 1 aromatic rings. The molecule has 0 saturated carbocycles. The fourth-order valence-corrected chi connectivity index (χ4v) is 0.605. The quantitative estimate of drug-likeness (QED) is 0.559. The molecule has 0 bridgehead atoms. The second kappa shape index (κ2) is 3.57. The topological polar surface area (TPSA) is 101 Å². The fourth-order valence-electron chi connectivity index (χ4n) is 0.605. The summed E-state index contributed by atoms with van der Waals surface area (Å²) in [4.78, 5) is 35.9. The SMILES string of the molecule is COC(=O)Oc1c[nH]c(=O)[nH]c1=O. The standard InChI is InChI=1S/C6H6N2O5/c1-12-6(11)13-3-2-7-5(10)8-4(3)9/h2H,1H3,(H2,7,8,9,10). The summed E-state index contributed by atoms with van der Waals surface area (Å²) in [5.41, 5.74) is -1.48. The van der Waals surface area contributed by atoms with Gasteiger partial charge >= 0.3 is 11.8 Å². The van der Waals surface area contributed by atoms with Crippen molar-refractivity contribution in [3.63, 3.8) is 0 Å². The van der Waals surface area contributed by atoms with E-state index in [1.165, 1.54) is 0 Å². The molecule has 0 fully saturated rings. The van der Waals surface area contributed by atoms with Crippen LogP contribution in [-0.4, -0.2) is 23.2 Å². The Hall–Kier alpha value is -2.05. The Morgan fingerprint density at radius 2 is 2.15 bits per heavy atom. The zero-order chi connectivity index (χ0) is 9.84. The Kier molecular flexibility index (Phi) is 2.48. The van der Waals surface area contributed by atoms with Crippen LogP contribution in [0.25, 0.3) is 0 Å². The molecule has 2 N–H and O–H groups in total. The summed E-state index contributed by atoms with van der Waals surface area (Å²) in [5.74, 6) is -0.327. The van der Waals surface area contributed by atoms with Gasteiger partial charge in [-0.1, -0.05) is 0 Å². The number of hydrogen-bond acceptors (Lipinski definition) is 5. The number of methoxy groups -OCH3 is 1. The minimum absolute atomic E-state index is 0.327. The summed E-state index contributed by atoms with van der Waals surface area (Å²) < 4.78 is 8.51. The van der Waals surface area contributed by atoms with Gasteiger partial charge in [-0.15, -0.1) is 0 Å². The van der Waals surface area contributed by atoms with Crippen LogP contribution < -0.4 is 16.0 Å². The van der Waals surface area contributed by atoms with Crippen LogP contribution >= 0.6 is 0 Å². The summed E-state index contributed by atoms with van der Waals surface area (Å²) in [5, 5.41) is 0. The summed E-state index contributed by atoms with van der Waals surface area (Å²) in [6, 6.07) is 0. The molecule has 0 amide bonds. The van der Waals surface area contributed by atoms with Crippen LogP contribution in [0.1, 0.15) is 0 Å². The van der Waals surface area contributed by atoms with Gasteiger partial charge in [0.1, 0.15) is 0 Å². The number of ether oxygens (including phenoxy) is 2. The largest absolute Gasteiger partial charge is 0.513 e. The number of rotatable bonds is 1. The van der Waals surface area contributed by atoms with Crippen LogP contribution in [0.15, 0.2) is 15.8 Å². The maximum atomic E-state index is 10.9. The van der Waals surface area contributed by atoms with Crippen LogP contribution in [0, 0.1) is 0 Å². The zero-order valence-corrected chi connectivity index (χ0v) is 6.62. The first kappa shape index (κ1) is 9.04. The van der Waals surface area contributed by atoms with Crippen LogP contribution in [0.2, 0.25) is 0 Å². The van der Waals surface area contributed by atoms with Crippen molar-refractivity contribution in [2.24, 2.45) is 0 Å². The van der Waals surface area contributed by atoms with Gasteiger partial charge in [-0.2, -0.15) is 0 Å². The molecule has 0 unspecified atom stereocenters. The number of hydrogen-bond donors (Lipinski definition) is 2. The molecule has 1 aromatic heterocycles. The first-order valence-corrected chi connectivity index (χ1v) is 3.21. The van der Waals surface area contributed by atoms with Crippen molar-refractivity contribution >= 4 is 6.16 Å². The third kappa shape index (κ3) is 2.19. The Morgan fingerprint density at radius 1 is 1.46 bits per heavy atom. The van der Waals surface area contributed by atoms with Crippen molar-refractivity contribution in [3.8, 4) is 5.75 Å². The first-order chi connectivity index (χ1) is 6.13. The molecule has 0 aromatic carbocycles. The Bertz CT molecular complexity index is 418. The van der Waals surface area contributed by atoms with Gasteiger partial charge in [-0.3, -0.25) is 9.78 Å². The molecular weight excluding hydrogens is 180 g/mol. The molecule has 7 heteroatoms. The molecule has 0 radical (unpaired) electrons. The van der Waals surface area contributed by atoms with E-state index in [0.29, 0.717) is 0 Å². The summed E-state index contributed by atoms with van der Waals surface area (Å²) in [6.07, 6.45) is -0.0597. The van der Waals surface area contributed by atoms with Crippen molar-refractivity contribution in [3.05, 3.63) is 27.0 Å². The second-order valence-corrected chi connectivity index (χ2v) is 1.99. The summed E-state index contributed by atoms with van der Waals surface area (Å²) in [7, 11) is 1.10. The number of H-pyrrole nitrogens is 2. The Balaban J connectivity index is 2.97. The van der Waals surface area contributed by atoms with E-state index in [9.17, 15) is 14.4 Å². The highest BCUT2D eigenvalue weighted by atomic mass is 16.7. The van der Waals surface area contributed by atoms with Crippen LogP contribution in [0.4, 0.5) is 4.79 Å². The van der Waals surface area contributed by atoms with Crippen LogP contribution in [0.5, 0.6) is 5.75 Å². The molecule has 13 heavy (non-hydrogen) atoms. The zero-order valence-electron chi connectivity index (χ0n) is 6.62. The van der Waals surface area contributed by atoms with Gasteiger partial charge in [0.25, 0.3) is 5.56 Å². The molecule has 0 aliphatic heterocycles. The van der Waals surface area contributed by atoms with E-state index in [2.05, 4.69) is 14.5 Å². The number of nitrogens with one attached hydrogen (secondary N) is 2. The van der Waals surface area contributed by atoms with Crippen molar-refractivity contribution in [1.82, 2.24) is 9.97 Å². The normalized spacial score (nSPS) is 9.31. The van der Waals surface area contributed by atoms with Gasteiger partial charge in [0.05, 0.1) is 13.3 Å². The number of carbonyl (C=O) groups excluding carboxylic acids is 1. The third-order valence-corrected chi connectivity index (χ3v) is 1.15. The van der Waals surface area contributed by atoms with Crippen LogP contribution in [-0.2, 0) is 4.74 Å². The molecule has 0 atom stereocenters. The van der Waals surface area contributed by atoms with E-state index in [4.69, 9.17) is 0 Å². The van der Waals surface area contributed by atoms with Gasteiger partial charge < -0.3 is 14.5 Å². The van der Waals surface area contributed by atoms with Crippen LogP contribution in [0.3, 0.4) is 0 Å². The number of carbonyl (C=O) groups is 1. The highest BCUT2D eigenvalue weighted by molar-refractivity contribution is 5.63. The molecular formula is C6H6N2O5. The smallest absolute Gasteiger partial charge is 0.437 e. The van der Waals surface area contributed by atoms with E-state index < -0.39 is 17.4 Å². The molecule has 70 valence electrons. The summed E-state index contributed by atoms with van der Waals surface area (Å²) >= 11 is 0. The van der Waals surface area contributed by atoms with Crippen molar-refractivity contribution in [1.29, 1.82) is 0 Å². The predicted octanol–water partition coefficient (Wildman–Crippen LogP) is -0.792. The lowest BCUT2D eigenvalue weighted by Gasteiger charge is -1.98. The van der Waals surface area contributed by atoms with Gasteiger partial charge in [0.2, 0.25) is 5.75 Å². The lowest BCUT2D eigenvalue weighted by atomic mass is 10.6. The van der Waals surface area contributed by atoms with Crippen molar-refractivity contribution in [2.45, 2.75) is 0 Å². The average Bonchev–Trinajstić information content (AvgIpc) is 2.09. The molecule has 1 rings (SSSR count). The van der Waals surface area contributed by atoms with Gasteiger partial charge in [-0.05, 0) is 0 Å². The van der Waals surface area contributed by atoms with Crippen molar-refractivity contribution < 1.29 is 14.3 Å². The Labute approximate surface area is 71.3 Å². The van der Waals surface area contributed by atoms with Crippen molar-refractivity contribution in [2.75, 3.05) is 7.11 Å². The summed E-state index contributed by atoms with van der Waals surface area (Å²) in [6.45, 7) is 0. The molecule has 0 saturated heterocycles. The maximum absolute atomic E-state index is 10.9. The number of aromatic nitrogens is 2. The number of aromatic amines is 2. The minimum Gasteiger partial charge on any atom is -0.437 e. The lowest BCUT2D eigenvalue weighted by Crippen LogP contribution is -2.24. The molecule has 7 nitrogen and oxygen atoms in total. The lowest BCUT2D eigenvalue weighted by molar-refractivity contribution is 0.120. The monoisotopic (exact) mass is 186 g/mol. The van der Waals surface area contributed by atoms with E-state index in [-0.39, 0.29) is 5.75 Å². The van der Waals surface area contributed by atoms with Gasteiger partial charge in [0.15, 0.2) is 0 Å². The van der Waals surface area contributed by atoms with E-state index >= 15 is 0 Å². The predicted molar refractivity (Wildman–Crippen MR) is 40.7 cm³/mol. The Morgan fingerprint density at radius 3 is 2.69 bits per heavy atom. The highest BCUT2D eigenvalue weighted by Crippen LogP contribution is 1.96. The van der Waals surface area contributed by atoms with E-state index in [1.54, 1.807) is 0 Å². The average molecular weight is 186 g/mol. The van der Waals surface area contributed by atoms with E-state index in [1.807, 2.05) is 4.98 Å². The highest BCUT2D eigenvalue weighted by Gasteiger charge is 2.07.